The number of benzene rings is 1. The maximum absolute atomic E-state index is 13.2. The fourth-order valence-electron chi connectivity index (χ4n) is 1.95. The third-order valence-corrected chi connectivity index (χ3v) is 3.20. The Labute approximate surface area is 113 Å². The molecule has 0 bridgehead atoms. The van der Waals surface area contributed by atoms with Gasteiger partial charge in [-0.05, 0) is 36.8 Å². The molecule has 1 aromatic carbocycles. The average Bonchev–Trinajstić information content (AvgIpc) is 2.75. The number of aryl methyl sites for hydroxylation is 1. The topological polar surface area (TPSA) is 38.0 Å². The lowest BCUT2D eigenvalue weighted by molar-refractivity contribution is 0.167. The summed E-state index contributed by atoms with van der Waals surface area (Å²) in [4.78, 5) is 0. The van der Waals surface area contributed by atoms with Crippen LogP contribution in [0.25, 0.3) is 0 Å². The second kappa shape index (κ2) is 5.63. The zero-order chi connectivity index (χ0) is 13.1. The van der Waals surface area contributed by atoms with Gasteiger partial charge in [-0.1, -0.05) is 15.9 Å². The van der Waals surface area contributed by atoms with E-state index in [1.54, 1.807) is 23.0 Å². The predicted octanol–water partition coefficient (Wildman–Crippen LogP) is 3.08. The van der Waals surface area contributed by atoms with E-state index in [9.17, 15) is 9.50 Å². The molecule has 18 heavy (non-hydrogen) atoms. The van der Waals surface area contributed by atoms with Gasteiger partial charge in [-0.25, -0.2) is 4.39 Å². The van der Waals surface area contributed by atoms with Crippen molar-refractivity contribution >= 4 is 15.9 Å². The van der Waals surface area contributed by atoms with Crippen LogP contribution in [0.5, 0.6) is 0 Å². The van der Waals surface area contributed by atoms with Gasteiger partial charge in [-0.2, -0.15) is 5.10 Å². The summed E-state index contributed by atoms with van der Waals surface area (Å²) in [6.45, 7) is 2.66. The molecule has 0 fully saturated rings. The van der Waals surface area contributed by atoms with Crippen LogP contribution >= 0.6 is 15.9 Å². The van der Waals surface area contributed by atoms with Gasteiger partial charge < -0.3 is 5.11 Å². The second-order valence-electron chi connectivity index (χ2n) is 4.07. The smallest absolute Gasteiger partial charge is 0.124 e. The van der Waals surface area contributed by atoms with Crippen molar-refractivity contribution in [2.75, 3.05) is 0 Å². The van der Waals surface area contributed by atoms with Gasteiger partial charge in [-0.3, -0.25) is 4.68 Å². The van der Waals surface area contributed by atoms with Crippen LogP contribution in [0.2, 0.25) is 0 Å². The molecule has 0 amide bonds. The van der Waals surface area contributed by atoms with E-state index >= 15 is 0 Å². The molecule has 3 nitrogen and oxygen atoms in total. The third-order valence-electron chi connectivity index (χ3n) is 2.74. The molecule has 0 saturated carbocycles. The highest BCUT2D eigenvalue weighted by Crippen LogP contribution is 2.21. The van der Waals surface area contributed by atoms with Crippen molar-refractivity contribution in [1.82, 2.24) is 9.78 Å². The number of rotatable bonds is 4. The summed E-state index contributed by atoms with van der Waals surface area (Å²) < 4.78 is 15.6. The Morgan fingerprint density at radius 3 is 2.89 bits per heavy atom. The van der Waals surface area contributed by atoms with E-state index < -0.39 is 6.10 Å². The normalized spacial score (nSPS) is 12.7. The fraction of sp³-hybridized carbons (Fsp3) is 0.308. The van der Waals surface area contributed by atoms with Crippen molar-refractivity contribution in [3.05, 3.63) is 52.0 Å². The number of halogens is 2. The fourth-order valence-corrected chi connectivity index (χ4v) is 2.46. The van der Waals surface area contributed by atoms with Crippen molar-refractivity contribution in [2.45, 2.75) is 26.0 Å². The second-order valence-corrected chi connectivity index (χ2v) is 4.99. The first-order valence-electron chi connectivity index (χ1n) is 5.75. The largest absolute Gasteiger partial charge is 0.386 e. The molecule has 96 valence electrons. The first kappa shape index (κ1) is 13.2. The standard InChI is InChI=1S/C13H14BrFN2O/c1-2-17-12(3-4-16-17)13(18)7-9-5-10(14)8-11(15)6-9/h3-6,8,13,18H,2,7H2,1H3. The van der Waals surface area contributed by atoms with Crippen molar-refractivity contribution in [2.24, 2.45) is 0 Å². The highest BCUT2D eigenvalue weighted by Gasteiger charge is 2.13. The summed E-state index contributed by atoms with van der Waals surface area (Å²) in [6.07, 6.45) is 1.34. The van der Waals surface area contributed by atoms with Crippen molar-refractivity contribution in [1.29, 1.82) is 0 Å². The van der Waals surface area contributed by atoms with Crippen LogP contribution in [0.1, 0.15) is 24.3 Å². The van der Waals surface area contributed by atoms with Gasteiger partial charge in [0.15, 0.2) is 0 Å². The Kier molecular flexibility index (Phi) is 4.14. The van der Waals surface area contributed by atoms with E-state index in [1.165, 1.54) is 12.1 Å². The lowest BCUT2D eigenvalue weighted by Gasteiger charge is -2.12. The third kappa shape index (κ3) is 2.97. The summed E-state index contributed by atoms with van der Waals surface area (Å²) in [5, 5.41) is 14.3. The Morgan fingerprint density at radius 2 is 2.22 bits per heavy atom. The highest BCUT2D eigenvalue weighted by molar-refractivity contribution is 9.10. The van der Waals surface area contributed by atoms with Crippen molar-refractivity contribution in [3.63, 3.8) is 0 Å². The van der Waals surface area contributed by atoms with E-state index in [1.807, 2.05) is 6.92 Å². The molecular weight excluding hydrogens is 299 g/mol. The van der Waals surface area contributed by atoms with Crippen molar-refractivity contribution in [3.8, 4) is 0 Å². The van der Waals surface area contributed by atoms with Crippen LogP contribution in [0, 0.1) is 5.82 Å². The van der Waals surface area contributed by atoms with Gasteiger partial charge in [0.1, 0.15) is 5.82 Å². The van der Waals surface area contributed by atoms with Gasteiger partial charge in [0, 0.05) is 23.6 Å². The quantitative estimate of drug-likeness (QED) is 0.942. The van der Waals surface area contributed by atoms with E-state index in [4.69, 9.17) is 0 Å². The number of aromatic nitrogens is 2. The Hall–Kier alpha value is -1.20. The molecule has 0 saturated heterocycles. The molecule has 1 N–H and O–H groups in total. The molecule has 0 aliphatic carbocycles. The molecule has 2 rings (SSSR count). The molecule has 5 heteroatoms. The molecule has 1 unspecified atom stereocenters. The van der Waals surface area contributed by atoms with Gasteiger partial charge in [0.2, 0.25) is 0 Å². The molecule has 1 aromatic heterocycles. The van der Waals surface area contributed by atoms with Crippen molar-refractivity contribution < 1.29 is 9.50 Å². The lowest BCUT2D eigenvalue weighted by atomic mass is 10.1. The first-order chi connectivity index (χ1) is 8.60. The minimum absolute atomic E-state index is 0.310. The number of aliphatic hydroxyl groups excluding tert-OH is 1. The SMILES string of the molecule is CCn1nccc1C(O)Cc1cc(F)cc(Br)c1. The van der Waals surface area contributed by atoms with E-state index in [0.717, 1.165) is 11.3 Å². The number of hydrogen-bond acceptors (Lipinski definition) is 2. The molecular formula is C13H14BrFN2O. The molecule has 2 aromatic rings. The van der Waals surface area contributed by atoms with Crippen LogP contribution in [0.4, 0.5) is 4.39 Å². The van der Waals surface area contributed by atoms with Gasteiger partial charge >= 0.3 is 0 Å². The zero-order valence-corrected chi connectivity index (χ0v) is 11.6. The molecule has 0 aliphatic rings. The Morgan fingerprint density at radius 1 is 1.44 bits per heavy atom. The molecule has 1 heterocycles. The van der Waals surface area contributed by atoms with Gasteiger partial charge in [0.05, 0.1) is 11.8 Å². The molecule has 0 radical (unpaired) electrons. The van der Waals surface area contributed by atoms with E-state index in [0.29, 0.717) is 17.4 Å². The monoisotopic (exact) mass is 312 g/mol. The van der Waals surface area contributed by atoms with E-state index in [-0.39, 0.29) is 5.82 Å². The number of nitrogens with zero attached hydrogens (tertiary/aromatic N) is 2. The van der Waals surface area contributed by atoms with Crippen LogP contribution in [-0.2, 0) is 13.0 Å². The Balaban J connectivity index is 2.18. The zero-order valence-electron chi connectivity index (χ0n) is 9.98. The summed E-state index contributed by atoms with van der Waals surface area (Å²) in [6, 6.07) is 6.41. The maximum atomic E-state index is 13.2. The summed E-state index contributed by atoms with van der Waals surface area (Å²) in [5.74, 6) is -0.310. The van der Waals surface area contributed by atoms with Gasteiger partial charge in [-0.15, -0.1) is 0 Å². The summed E-state index contributed by atoms with van der Waals surface area (Å²) in [5.41, 5.74) is 1.50. The van der Waals surface area contributed by atoms with Crippen LogP contribution in [-0.4, -0.2) is 14.9 Å². The summed E-state index contributed by atoms with van der Waals surface area (Å²) >= 11 is 3.24. The van der Waals surface area contributed by atoms with Crippen LogP contribution in [0.15, 0.2) is 34.9 Å². The number of hydrogen-bond donors (Lipinski definition) is 1. The molecule has 1 atom stereocenters. The average molecular weight is 313 g/mol. The van der Waals surface area contributed by atoms with Crippen LogP contribution in [0.3, 0.4) is 0 Å². The minimum Gasteiger partial charge on any atom is -0.386 e. The summed E-state index contributed by atoms with van der Waals surface area (Å²) in [7, 11) is 0. The van der Waals surface area contributed by atoms with Crippen LogP contribution < -0.4 is 0 Å². The first-order valence-corrected chi connectivity index (χ1v) is 6.54. The van der Waals surface area contributed by atoms with Gasteiger partial charge in [0.25, 0.3) is 0 Å². The number of aliphatic hydroxyl groups is 1. The van der Waals surface area contributed by atoms with E-state index in [2.05, 4.69) is 21.0 Å². The highest BCUT2D eigenvalue weighted by atomic mass is 79.9. The predicted molar refractivity (Wildman–Crippen MR) is 70.7 cm³/mol. The minimum atomic E-state index is -0.679. The Bertz CT molecular complexity index is 521. The molecule has 0 aliphatic heterocycles. The molecule has 0 spiro atoms. The maximum Gasteiger partial charge on any atom is 0.124 e. The lowest BCUT2D eigenvalue weighted by Crippen LogP contribution is -2.10.